The number of hydrogen-bond acceptors (Lipinski definition) is 3. The van der Waals surface area contributed by atoms with Gasteiger partial charge < -0.3 is 19.9 Å². The number of guanidine groups is 1. The number of carbonyl (C=O) groups excluding carboxylic acids is 1. The van der Waals surface area contributed by atoms with Crippen molar-refractivity contribution < 1.29 is 9.53 Å². The first-order chi connectivity index (χ1) is 12.0. The molecule has 0 atom stereocenters. The lowest BCUT2D eigenvalue weighted by atomic mass is 10.2. The van der Waals surface area contributed by atoms with Crippen LogP contribution in [0.2, 0.25) is 0 Å². The van der Waals surface area contributed by atoms with Crippen LogP contribution in [0.15, 0.2) is 41.9 Å². The van der Waals surface area contributed by atoms with Crippen molar-refractivity contribution in [3.8, 4) is 5.75 Å². The van der Waals surface area contributed by atoms with Crippen LogP contribution in [0.3, 0.4) is 0 Å². The van der Waals surface area contributed by atoms with Gasteiger partial charge in [0, 0.05) is 41.3 Å². The van der Waals surface area contributed by atoms with Crippen LogP contribution in [-0.4, -0.2) is 63.0 Å². The minimum absolute atomic E-state index is 0. The fourth-order valence-electron chi connectivity index (χ4n) is 2.16. The lowest BCUT2D eigenvalue weighted by Gasteiger charge is -2.22. The minimum atomic E-state index is -0.0647. The average molecular weight is 474 g/mol. The zero-order valence-corrected chi connectivity index (χ0v) is 18.5. The van der Waals surface area contributed by atoms with Gasteiger partial charge in [-0.25, -0.2) is 0 Å². The summed E-state index contributed by atoms with van der Waals surface area (Å²) < 4.78 is 5.55. The lowest BCUT2D eigenvalue weighted by molar-refractivity contribution is -0.130. The first-order valence-corrected chi connectivity index (χ1v) is 8.42. The highest BCUT2D eigenvalue weighted by Crippen LogP contribution is 2.13. The quantitative estimate of drug-likeness (QED) is 0.197. The summed E-state index contributed by atoms with van der Waals surface area (Å²) in [4.78, 5) is 19.5. The van der Waals surface area contributed by atoms with Gasteiger partial charge in [0.2, 0.25) is 0 Å². The van der Waals surface area contributed by atoms with Crippen LogP contribution in [0, 0.1) is 0 Å². The molecule has 0 spiro atoms. The van der Waals surface area contributed by atoms with Gasteiger partial charge in [0.05, 0.1) is 0 Å². The summed E-state index contributed by atoms with van der Waals surface area (Å²) in [6.07, 6.45) is 3.97. The van der Waals surface area contributed by atoms with Crippen molar-refractivity contribution in [2.45, 2.75) is 19.4 Å². The highest BCUT2D eigenvalue weighted by atomic mass is 127. The van der Waals surface area contributed by atoms with E-state index in [0.29, 0.717) is 12.3 Å². The number of hydrogen-bond donors (Lipinski definition) is 1. The molecule has 146 valence electrons. The Morgan fingerprint density at radius 2 is 2.08 bits per heavy atom. The van der Waals surface area contributed by atoms with E-state index in [-0.39, 0.29) is 36.5 Å². The highest BCUT2D eigenvalue weighted by molar-refractivity contribution is 14.0. The van der Waals surface area contributed by atoms with E-state index >= 15 is 0 Å². The number of allylic oxidation sites excluding steroid dienone is 1. The van der Waals surface area contributed by atoms with Gasteiger partial charge >= 0.3 is 0 Å². The number of aliphatic imine (C=N–C) groups is 1. The monoisotopic (exact) mass is 474 g/mol. The molecule has 0 fully saturated rings. The number of unbranched alkanes of at least 4 members (excludes halogenated alkanes) is 1. The van der Waals surface area contributed by atoms with Crippen molar-refractivity contribution in [1.29, 1.82) is 0 Å². The van der Waals surface area contributed by atoms with Crippen molar-refractivity contribution in [2.75, 3.05) is 41.3 Å². The molecule has 1 N–H and O–H groups in total. The molecule has 0 saturated heterocycles. The molecule has 0 bridgehead atoms. The number of halogens is 1. The summed E-state index contributed by atoms with van der Waals surface area (Å²) in [6.45, 7) is 5.34. The van der Waals surface area contributed by atoms with Gasteiger partial charge in [0.1, 0.15) is 5.75 Å². The second kappa shape index (κ2) is 13.4. The van der Waals surface area contributed by atoms with Gasteiger partial charge in [-0.1, -0.05) is 18.2 Å². The van der Waals surface area contributed by atoms with Crippen LogP contribution < -0.4 is 10.1 Å². The Balaban J connectivity index is 0.00000625. The molecule has 1 amide bonds. The zero-order valence-electron chi connectivity index (χ0n) is 16.2. The molecule has 1 aromatic rings. The fraction of sp³-hybridized carbons (Fsp3) is 0.474. The van der Waals surface area contributed by atoms with Crippen molar-refractivity contribution in [3.05, 3.63) is 42.5 Å². The second-order valence-corrected chi connectivity index (χ2v) is 5.98. The first-order valence-electron chi connectivity index (χ1n) is 8.42. The Morgan fingerprint density at radius 1 is 1.35 bits per heavy atom. The SMILES string of the molecule is C=CCCCN(C)C(=NC)NCc1cccc(OCC(=O)N(C)C)c1.I. The maximum absolute atomic E-state index is 11.6. The number of likely N-dealkylation sites (N-methyl/N-ethyl adjacent to an activating group) is 1. The van der Waals surface area contributed by atoms with Crippen LogP contribution >= 0.6 is 24.0 Å². The molecule has 7 heteroatoms. The van der Waals surface area contributed by atoms with Gasteiger partial charge in [-0.15, -0.1) is 30.6 Å². The topological polar surface area (TPSA) is 57.2 Å². The maximum Gasteiger partial charge on any atom is 0.259 e. The largest absolute Gasteiger partial charge is 0.484 e. The molecule has 26 heavy (non-hydrogen) atoms. The Bertz CT molecular complexity index is 591. The lowest BCUT2D eigenvalue weighted by Crippen LogP contribution is -2.38. The maximum atomic E-state index is 11.6. The van der Waals surface area contributed by atoms with E-state index in [1.54, 1.807) is 21.1 Å². The summed E-state index contributed by atoms with van der Waals surface area (Å²) in [5, 5.41) is 3.34. The van der Waals surface area contributed by atoms with Crippen molar-refractivity contribution in [2.24, 2.45) is 4.99 Å². The molecule has 0 aromatic heterocycles. The van der Waals surface area contributed by atoms with E-state index in [9.17, 15) is 4.79 Å². The van der Waals surface area contributed by atoms with Crippen LogP contribution in [0.1, 0.15) is 18.4 Å². The Morgan fingerprint density at radius 3 is 2.69 bits per heavy atom. The van der Waals surface area contributed by atoms with Crippen molar-refractivity contribution in [1.82, 2.24) is 15.1 Å². The number of nitrogens with one attached hydrogen (secondary N) is 1. The molecule has 1 aromatic carbocycles. The summed E-state index contributed by atoms with van der Waals surface area (Å²) in [5.41, 5.74) is 1.07. The summed E-state index contributed by atoms with van der Waals surface area (Å²) in [6, 6.07) is 7.71. The van der Waals surface area contributed by atoms with Crippen molar-refractivity contribution >= 4 is 35.8 Å². The fourth-order valence-corrected chi connectivity index (χ4v) is 2.16. The van der Waals surface area contributed by atoms with Crippen LogP contribution in [0.25, 0.3) is 0 Å². The predicted octanol–water partition coefficient (Wildman–Crippen LogP) is 2.75. The molecule has 6 nitrogen and oxygen atoms in total. The normalized spacial score (nSPS) is 10.5. The number of benzene rings is 1. The number of nitrogens with zero attached hydrogens (tertiary/aromatic N) is 3. The third-order valence-electron chi connectivity index (χ3n) is 3.69. The smallest absolute Gasteiger partial charge is 0.259 e. The van der Waals surface area contributed by atoms with E-state index in [0.717, 1.165) is 30.9 Å². The first kappa shape index (κ1) is 24.2. The standard InChI is InChI=1S/C19H30N4O2.HI/c1-6-7-8-12-23(5)19(20-2)21-14-16-10-9-11-17(13-16)25-15-18(24)22(3)4;/h6,9-11,13H,1,7-8,12,14-15H2,2-5H3,(H,20,21);1H. The Labute approximate surface area is 174 Å². The molecule has 0 unspecified atom stereocenters. The number of carbonyl (C=O) groups is 1. The van der Waals surface area contributed by atoms with Gasteiger partial charge in [-0.3, -0.25) is 9.79 Å². The second-order valence-electron chi connectivity index (χ2n) is 5.98. The zero-order chi connectivity index (χ0) is 18.7. The molecule has 0 saturated carbocycles. The number of rotatable bonds is 9. The summed E-state index contributed by atoms with van der Waals surface area (Å²) >= 11 is 0. The van der Waals surface area contributed by atoms with Crippen molar-refractivity contribution in [3.63, 3.8) is 0 Å². The summed E-state index contributed by atoms with van der Waals surface area (Å²) in [7, 11) is 7.22. The van der Waals surface area contributed by atoms with Crippen LogP contribution in [0.4, 0.5) is 0 Å². The molecule has 0 aliphatic heterocycles. The Hall–Kier alpha value is -1.77. The number of amides is 1. The highest BCUT2D eigenvalue weighted by Gasteiger charge is 2.07. The van der Waals surface area contributed by atoms with E-state index in [1.165, 1.54) is 4.90 Å². The molecule has 0 radical (unpaired) electrons. The average Bonchev–Trinajstić information content (AvgIpc) is 2.60. The Kier molecular flexibility index (Phi) is 12.5. The van der Waals surface area contributed by atoms with E-state index in [1.807, 2.05) is 37.4 Å². The molecular weight excluding hydrogens is 443 g/mol. The third kappa shape index (κ3) is 9.07. The van der Waals surface area contributed by atoms with E-state index in [2.05, 4.69) is 21.8 Å². The molecule has 0 aliphatic rings. The molecule has 1 rings (SSSR count). The van der Waals surface area contributed by atoms with Crippen LogP contribution in [0.5, 0.6) is 5.75 Å². The van der Waals surface area contributed by atoms with Gasteiger partial charge in [0.15, 0.2) is 12.6 Å². The van der Waals surface area contributed by atoms with E-state index < -0.39 is 0 Å². The van der Waals surface area contributed by atoms with E-state index in [4.69, 9.17) is 4.74 Å². The third-order valence-corrected chi connectivity index (χ3v) is 3.69. The van der Waals surface area contributed by atoms with Gasteiger partial charge in [-0.05, 0) is 30.5 Å². The molecule has 0 aliphatic carbocycles. The molecule has 0 heterocycles. The van der Waals surface area contributed by atoms with Crippen LogP contribution in [-0.2, 0) is 11.3 Å². The number of ether oxygens (including phenoxy) is 1. The van der Waals surface area contributed by atoms with Gasteiger partial charge in [-0.2, -0.15) is 0 Å². The predicted molar refractivity (Wildman–Crippen MR) is 118 cm³/mol. The minimum Gasteiger partial charge on any atom is -0.484 e. The summed E-state index contributed by atoms with van der Waals surface area (Å²) in [5.74, 6) is 1.46. The molecular formula is C19H31IN4O2. The van der Waals surface area contributed by atoms with Gasteiger partial charge in [0.25, 0.3) is 5.91 Å².